The monoisotopic (exact) mass is 288 g/mol. The molecule has 1 atom stereocenters. The lowest BCUT2D eigenvalue weighted by atomic mass is 10.00. The molecule has 1 aromatic rings. The summed E-state index contributed by atoms with van der Waals surface area (Å²) in [5, 5.41) is 0. The largest absolute Gasteiger partial charge is 0.460 e. The zero-order valence-corrected chi connectivity index (χ0v) is 10.9. The SMILES string of the molecule is CCCC(=O)C(C(=O)OCc1ccccc1)C(F)(F)F. The smallest absolute Gasteiger partial charge is 0.409 e. The minimum absolute atomic E-state index is 0.247. The molecule has 3 nitrogen and oxygen atoms in total. The van der Waals surface area contributed by atoms with E-state index in [1.165, 1.54) is 0 Å². The molecule has 110 valence electrons. The summed E-state index contributed by atoms with van der Waals surface area (Å²) in [5.74, 6) is -5.39. The van der Waals surface area contributed by atoms with E-state index < -0.39 is 23.8 Å². The molecule has 0 saturated carbocycles. The molecule has 0 saturated heterocycles. The van der Waals surface area contributed by atoms with Crippen LogP contribution in [0, 0.1) is 5.92 Å². The van der Waals surface area contributed by atoms with Crippen LogP contribution in [0.5, 0.6) is 0 Å². The van der Waals surface area contributed by atoms with Crippen LogP contribution in [-0.4, -0.2) is 17.9 Å². The number of halogens is 3. The lowest BCUT2D eigenvalue weighted by Crippen LogP contribution is -2.38. The summed E-state index contributed by atoms with van der Waals surface area (Å²) in [6, 6.07) is 8.31. The van der Waals surface area contributed by atoms with E-state index in [9.17, 15) is 22.8 Å². The van der Waals surface area contributed by atoms with Gasteiger partial charge in [0.2, 0.25) is 5.92 Å². The van der Waals surface area contributed by atoms with Gasteiger partial charge in [0.1, 0.15) is 6.61 Å². The standard InChI is InChI=1S/C14H15F3O3/c1-2-6-11(18)12(14(15,16)17)13(19)20-9-10-7-4-3-5-8-10/h3-5,7-8,12H,2,6,9H2,1H3. The summed E-state index contributed by atoms with van der Waals surface area (Å²) in [5.41, 5.74) is 0.560. The van der Waals surface area contributed by atoms with Gasteiger partial charge in [-0.3, -0.25) is 9.59 Å². The number of alkyl halides is 3. The van der Waals surface area contributed by atoms with Crippen molar-refractivity contribution >= 4 is 11.8 Å². The van der Waals surface area contributed by atoms with E-state index in [1.54, 1.807) is 37.3 Å². The number of hydrogen-bond donors (Lipinski definition) is 0. The van der Waals surface area contributed by atoms with E-state index in [1.807, 2.05) is 0 Å². The van der Waals surface area contributed by atoms with Gasteiger partial charge in [-0.15, -0.1) is 0 Å². The number of esters is 1. The van der Waals surface area contributed by atoms with E-state index in [-0.39, 0.29) is 19.4 Å². The fourth-order valence-corrected chi connectivity index (χ4v) is 1.65. The molecule has 0 aliphatic carbocycles. The molecule has 0 aliphatic rings. The zero-order chi connectivity index (χ0) is 15.2. The Bertz CT molecular complexity index is 454. The van der Waals surface area contributed by atoms with Crippen molar-refractivity contribution in [3.8, 4) is 0 Å². The molecule has 20 heavy (non-hydrogen) atoms. The van der Waals surface area contributed by atoms with Crippen LogP contribution in [0.15, 0.2) is 30.3 Å². The van der Waals surface area contributed by atoms with Crippen LogP contribution < -0.4 is 0 Å². The number of rotatable bonds is 6. The highest BCUT2D eigenvalue weighted by molar-refractivity contribution is 5.99. The second-order valence-electron chi connectivity index (χ2n) is 4.28. The van der Waals surface area contributed by atoms with Crippen LogP contribution in [-0.2, 0) is 20.9 Å². The first-order valence-electron chi connectivity index (χ1n) is 6.16. The fourth-order valence-electron chi connectivity index (χ4n) is 1.65. The first kappa shape index (κ1) is 16.2. The minimum atomic E-state index is -4.92. The minimum Gasteiger partial charge on any atom is -0.460 e. The second-order valence-corrected chi connectivity index (χ2v) is 4.28. The maximum atomic E-state index is 12.7. The summed E-state index contributed by atoms with van der Waals surface area (Å²) >= 11 is 0. The van der Waals surface area contributed by atoms with E-state index in [0.29, 0.717) is 5.56 Å². The van der Waals surface area contributed by atoms with Crippen molar-refractivity contribution < 1.29 is 27.5 Å². The Morgan fingerprint density at radius 1 is 1.20 bits per heavy atom. The van der Waals surface area contributed by atoms with Gasteiger partial charge in [0, 0.05) is 6.42 Å². The Morgan fingerprint density at radius 2 is 1.80 bits per heavy atom. The van der Waals surface area contributed by atoms with Crippen molar-refractivity contribution in [3.05, 3.63) is 35.9 Å². The summed E-state index contributed by atoms with van der Waals surface area (Å²) in [6.45, 7) is 1.28. The molecule has 0 fully saturated rings. The van der Waals surface area contributed by atoms with Crippen LogP contribution in [0.2, 0.25) is 0 Å². The van der Waals surface area contributed by atoms with Crippen molar-refractivity contribution in [2.75, 3.05) is 0 Å². The van der Waals surface area contributed by atoms with E-state index in [0.717, 1.165) is 0 Å². The number of ether oxygens (including phenoxy) is 1. The molecule has 0 spiro atoms. The Balaban J connectivity index is 2.72. The lowest BCUT2D eigenvalue weighted by Gasteiger charge is -2.17. The van der Waals surface area contributed by atoms with Crippen molar-refractivity contribution in [1.82, 2.24) is 0 Å². The first-order valence-corrected chi connectivity index (χ1v) is 6.16. The van der Waals surface area contributed by atoms with Gasteiger partial charge < -0.3 is 4.74 Å². The summed E-state index contributed by atoms with van der Waals surface area (Å²) in [6.07, 6.45) is -4.97. The molecule has 0 heterocycles. The number of carbonyl (C=O) groups is 2. The summed E-state index contributed by atoms with van der Waals surface area (Å²) in [7, 11) is 0. The van der Waals surface area contributed by atoms with E-state index in [4.69, 9.17) is 0 Å². The van der Waals surface area contributed by atoms with Gasteiger partial charge in [-0.05, 0) is 12.0 Å². The van der Waals surface area contributed by atoms with E-state index >= 15 is 0 Å². The topological polar surface area (TPSA) is 43.4 Å². The first-order chi connectivity index (χ1) is 9.36. The fraction of sp³-hybridized carbons (Fsp3) is 0.429. The maximum absolute atomic E-state index is 12.7. The average Bonchev–Trinajstić information content (AvgIpc) is 2.36. The van der Waals surface area contributed by atoms with Gasteiger partial charge in [0.25, 0.3) is 0 Å². The normalized spacial score (nSPS) is 12.8. The number of hydrogen-bond acceptors (Lipinski definition) is 3. The second kappa shape index (κ2) is 7.07. The van der Waals surface area contributed by atoms with Gasteiger partial charge in [-0.25, -0.2) is 0 Å². The van der Waals surface area contributed by atoms with Crippen molar-refractivity contribution in [2.24, 2.45) is 5.92 Å². The molecule has 1 rings (SSSR count). The molecular formula is C14H15F3O3. The molecule has 0 amide bonds. The van der Waals surface area contributed by atoms with E-state index in [2.05, 4.69) is 4.74 Å². The van der Waals surface area contributed by atoms with Gasteiger partial charge >= 0.3 is 12.1 Å². The summed E-state index contributed by atoms with van der Waals surface area (Å²) < 4.78 is 42.8. The molecule has 0 N–H and O–H groups in total. The average molecular weight is 288 g/mol. The van der Waals surface area contributed by atoms with Crippen molar-refractivity contribution in [3.63, 3.8) is 0 Å². The maximum Gasteiger partial charge on any atom is 0.409 e. The number of ketones is 1. The van der Waals surface area contributed by atoms with Gasteiger partial charge in [-0.2, -0.15) is 13.2 Å². The van der Waals surface area contributed by atoms with Crippen molar-refractivity contribution in [2.45, 2.75) is 32.5 Å². The highest BCUT2D eigenvalue weighted by Gasteiger charge is 2.50. The quantitative estimate of drug-likeness (QED) is 0.596. The zero-order valence-electron chi connectivity index (χ0n) is 10.9. The Hall–Kier alpha value is -1.85. The highest BCUT2D eigenvalue weighted by atomic mass is 19.4. The number of Topliss-reactive ketones (excluding diaryl/α,β-unsaturated/α-hetero) is 1. The molecule has 6 heteroatoms. The highest BCUT2D eigenvalue weighted by Crippen LogP contribution is 2.29. The van der Waals surface area contributed by atoms with Crippen LogP contribution in [0.1, 0.15) is 25.3 Å². The Labute approximate surface area is 114 Å². The molecule has 0 radical (unpaired) electrons. The van der Waals surface area contributed by atoms with Crippen LogP contribution in [0.4, 0.5) is 13.2 Å². The molecule has 0 aliphatic heterocycles. The van der Waals surface area contributed by atoms with Crippen molar-refractivity contribution in [1.29, 1.82) is 0 Å². The Morgan fingerprint density at radius 3 is 2.30 bits per heavy atom. The molecule has 1 aromatic carbocycles. The summed E-state index contributed by atoms with van der Waals surface area (Å²) in [4.78, 5) is 22.9. The number of benzene rings is 1. The van der Waals surface area contributed by atoms with Crippen LogP contribution >= 0.6 is 0 Å². The van der Waals surface area contributed by atoms with Gasteiger partial charge in [-0.1, -0.05) is 37.3 Å². The van der Waals surface area contributed by atoms with Gasteiger partial charge in [0.15, 0.2) is 5.78 Å². The third-order valence-electron chi connectivity index (χ3n) is 2.61. The molecule has 1 unspecified atom stereocenters. The van der Waals surface area contributed by atoms with Gasteiger partial charge in [0.05, 0.1) is 0 Å². The third-order valence-corrected chi connectivity index (χ3v) is 2.61. The molecular weight excluding hydrogens is 273 g/mol. The lowest BCUT2D eigenvalue weighted by molar-refractivity contribution is -0.198. The molecule has 0 aromatic heterocycles. The third kappa shape index (κ3) is 4.68. The Kier molecular flexibility index (Phi) is 5.73. The predicted octanol–water partition coefficient (Wildman–Crippen LogP) is 3.28. The van der Waals surface area contributed by atoms with Crippen LogP contribution in [0.25, 0.3) is 0 Å². The molecule has 0 bridgehead atoms. The predicted molar refractivity (Wildman–Crippen MR) is 65.7 cm³/mol. The number of carbonyl (C=O) groups excluding carboxylic acids is 2. The van der Waals surface area contributed by atoms with Crippen LogP contribution in [0.3, 0.4) is 0 Å².